The number of nitrogens with one attached hydrogen (secondary N) is 1. The first-order chi connectivity index (χ1) is 9.65. The number of hydrogen-bond donors (Lipinski definition) is 1. The van der Waals surface area contributed by atoms with Crippen molar-refractivity contribution in [2.24, 2.45) is 5.92 Å². The summed E-state index contributed by atoms with van der Waals surface area (Å²) in [7, 11) is 3.67. The molecule has 20 heavy (non-hydrogen) atoms. The molecule has 1 saturated carbocycles. The van der Waals surface area contributed by atoms with Gasteiger partial charge in [0.05, 0.1) is 6.54 Å². The first-order valence-corrected chi connectivity index (χ1v) is 8.31. The number of amides is 1. The molecule has 0 radical (unpaired) electrons. The van der Waals surface area contributed by atoms with Crippen LogP contribution in [-0.2, 0) is 4.79 Å². The van der Waals surface area contributed by atoms with Crippen LogP contribution in [0.5, 0.6) is 0 Å². The molecule has 4 nitrogen and oxygen atoms in total. The lowest BCUT2D eigenvalue weighted by Crippen LogP contribution is -2.46. The van der Waals surface area contributed by atoms with Gasteiger partial charge in [-0.3, -0.25) is 9.69 Å². The zero-order chi connectivity index (χ0) is 14.4. The monoisotopic (exact) mass is 281 g/mol. The predicted molar refractivity (Wildman–Crippen MR) is 82.7 cm³/mol. The molecule has 1 saturated heterocycles. The molecule has 1 aliphatic heterocycles. The minimum absolute atomic E-state index is 0.220. The summed E-state index contributed by atoms with van der Waals surface area (Å²) < 4.78 is 0. The quantitative estimate of drug-likeness (QED) is 0.805. The van der Waals surface area contributed by atoms with E-state index in [1.54, 1.807) is 4.90 Å². The Morgan fingerprint density at radius 2 is 1.80 bits per heavy atom. The summed E-state index contributed by atoms with van der Waals surface area (Å²) in [5, 5.41) is 3.72. The number of likely N-dealkylation sites (N-methyl/N-ethyl adjacent to an activating group) is 1. The van der Waals surface area contributed by atoms with Gasteiger partial charge in [-0.2, -0.15) is 0 Å². The first kappa shape index (κ1) is 15.8. The average Bonchev–Trinajstić information content (AvgIpc) is 2.94. The van der Waals surface area contributed by atoms with E-state index in [2.05, 4.69) is 10.2 Å². The van der Waals surface area contributed by atoms with Gasteiger partial charge >= 0.3 is 0 Å². The lowest BCUT2D eigenvalue weighted by molar-refractivity contribution is -0.130. The topological polar surface area (TPSA) is 35.6 Å². The third-order valence-electron chi connectivity index (χ3n) is 4.91. The van der Waals surface area contributed by atoms with Crippen molar-refractivity contribution in [1.29, 1.82) is 0 Å². The van der Waals surface area contributed by atoms with Crippen molar-refractivity contribution in [1.82, 2.24) is 15.1 Å². The fourth-order valence-corrected chi connectivity index (χ4v) is 3.42. The van der Waals surface area contributed by atoms with E-state index in [9.17, 15) is 4.79 Å². The van der Waals surface area contributed by atoms with E-state index in [0.29, 0.717) is 12.6 Å². The lowest BCUT2D eigenvalue weighted by Gasteiger charge is -2.32. The smallest absolute Gasteiger partial charge is 0.236 e. The van der Waals surface area contributed by atoms with E-state index in [-0.39, 0.29) is 5.91 Å². The Hall–Kier alpha value is -0.610. The molecule has 1 heterocycles. The molecule has 4 heteroatoms. The minimum Gasteiger partial charge on any atom is -0.348 e. The minimum atomic E-state index is 0.220. The Kier molecular flexibility index (Phi) is 6.30. The SMILES string of the molecule is CN(C)C(=O)CN1CCC(NCCC2CCCC2)CC1. The van der Waals surface area contributed by atoms with Crippen LogP contribution in [0.15, 0.2) is 0 Å². The van der Waals surface area contributed by atoms with Gasteiger partial charge in [0.15, 0.2) is 0 Å². The zero-order valence-corrected chi connectivity index (χ0v) is 13.2. The molecule has 2 aliphatic rings. The molecule has 116 valence electrons. The van der Waals surface area contributed by atoms with Crippen molar-refractivity contribution in [2.75, 3.05) is 40.3 Å². The van der Waals surface area contributed by atoms with Crippen molar-refractivity contribution < 1.29 is 4.79 Å². The highest BCUT2D eigenvalue weighted by Gasteiger charge is 2.21. The van der Waals surface area contributed by atoms with Gasteiger partial charge in [-0.1, -0.05) is 25.7 Å². The first-order valence-electron chi connectivity index (χ1n) is 8.31. The normalized spacial score (nSPS) is 22.3. The van der Waals surface area contributed by atoms with E-state index < -0.39 is 0 Å². The Morgan fingerprint density at radius 3 is 2.40 bits per heavy atom. The van der Waals surface area contributed by atoms with Crippen molar-refractivity contribution in [3.8, 4) is 0 Å². The van der Waals surface area contributed by atoms with Crippen LogP contribution in [-0.4, -0.2) is 62.0 Å². The van der Waals surface area contributed by atoms with Gasteiger partial charge in [-0.25, -0.2) is 0 Å². The Morgan fingerprint density at radius 1 is 1.15 bits per heavy atom. The van der Waals surface area contributed by atoms with Crippen LogP contribution in [0.2, 0.25) is 0 Å². The van der Waals surface area contributed by atoms with E-state index in [4.69, 9.17) is 0 Å². The molecule has 0 aromatic carbocycles. The Balaban J connectivity index is 1.55. The second kappa shape index (κ2) is 7.99. The van der Waals surface area contributed by atoms with Crippen molar-refractivity contribution in [2.45, 2.75) is 51.0 Å². The molecule has 1 N–H and O–H groups in total. The summed E-state index contributed by atoms with van der Waals surface area (Å²) in [6.07, 6.45) is 9.53. The highest BCUT2D eigenvalue weighted by Crippen LogP contribution is 2.27. The fraction of sp³-hybridized carbons (Fsp3) is 0.938. The van der Waals surface area contributed by atoms with E-state index in [0.717, 1.165) is 19.0 Å². The second-order valence-corrected chi connectivity index (χ2v) is 6.73. The van der Waals surface area contributed by atoms with Crippen molar-refractivity contribution in [3.63, 3.8) is 0 Å². The third-order valence-corrected chi connectivity index (χ3v) is 4.91. The summed E-state index contributed by atoms with van der Waals surface area (Å²) in [4.78, 5) is 15.7. The maximum Gasteiger partial charge on any atom is 0.236 e. The number of hydrogen-bond acceptors (Lipinski definition) is 3. The van der Waals surface area contributed by atoms with Crippen LogP contribution in [0.4, 0.5) is 0 Å². The highest BCUT2D eigenvalue weighted by atomic mass is 16.2. The standard InChI is InChI=1S/C16H31N3O/c1-18(2)16(20)13-19-11-8-15(9-12-19)17-10-7-14-5-3-4-6-14/h14-15,17H,3-13H2,1-2H3. The average molecular weight is 281 g/mol. The predicted octanol–water partition coefficient (Wildman–Crippen LogP) is 1.71. The van der Waals surface area contributed by atoms with Gasteiger partial charge in [0, 0.05) is 33.2 Å². The summed E-state index contributed by atoms with van der Waals surface area (Å²) in [5.41, 5.74) is 0. The molecule has 0 atom stereocenters. The molecule has 0 bridgehead atoms. The van der Waals surface area contributed by atoms with Crippen LogP contribution in [0.25, 0.3) is 0 Å². The van der Waals surface area contributed by atoms with E-state index in [1.165, 1.54) is 51.5 Å². The van der Waals surface area contributed by atoms with Gasteiger partial charge in [0.2, 0.25) is 5.91 Å². The molecule has 0 aromatic heterocycles. The molecule has 1 amide bonds. The summed E-state index contributed by atoms with van der Waals surface area (Å²) in [6.45, 7) is 3.88. The summed E-state index contributed by atoms with van der Waals surface area (Å²) in [6, 6.07) is 0.669. The van der Waals surface area contributed by atoms with Gasteiger partial charge in [-0.05, 0) is 31.7 Å². The van der Waals surface area contributed by atoms with Crippen LogP contribution in [0.3, 0.4) is 0 Å². The third kappa shape index (κ3) is 5.06. The molecular formula is C16H31N3O. The van der Waals surface area contributed by atoms with Gasteiger partial charge in [0.1, 0.15) is 0 Å². The lowest BCUT2D eigenvalue weighted by atomic mass is 10.0. The highest BCUT2D eigenvalue weighted by molar-refractivity contribution is 5.77. The van der Waals surface area contributed by atoms with Crippen molar-refractivity contribution >= 4 is 5.91 Å². The molecule has 0 unspecified atom stereocenters. The number of carbonyl (C=O) groups is 1. The van der Waals surface area contributed by atoms with Crippen LogP contribution in [0.1, 0.15) is 44.9 Å². The fourth-order valence-electron chi connectivity index (χ4n) is 3.42. The van der Waals surface area contributed by atoms with Gasteiger partial charge in [-0.15, -0.1) is 0 Å². The number of piperidine rings is 1. The van der Waals surface area contributed by atoms with Crippen molar-refractivity contribution in [3.05, 3.63) is 0 Å². The number of likely N-dealkylation sites (tertiary alicyclic amines) is 1. The molecule has 1 aliphatic carbocycles. The Labute approximate surface area is 123 Å². The second-order valence-electron chi connectivity index (χ2n) is 6.73. The Bertz CT molecular complexity index is 292. The molecule has 0 spiro atoms. The van der Waals surface area contributed by atoms with Crippen LogP contribution < -0.4 is 5.32 Å². The van der Waals surface area contributed by atoms with E-state index in [1.807, 2.05) is 14.1 Å². The number of nitrogens with zero attached hydrogens (tertiary/aromatic N) is 2. The molecule has 2 fully saturated rings. The number of rotatable bonds is 6. The van der Waals surface area contributed by atoms with Crippen LogP contribution >= 0.6 is 0 Å². The molecular weight excluding hydrogens is 250 g/mol. The molecule has 2 rings (SSSR count). The van der Waals surface area contributed by atoms with Gasteiger partial charge < -0.3 is 10.2 Å². The maximum absolute atomic E-state index is 11.7. The molecule has 0 aromatic rings. The zero-order valence-electron chi connectivity index (χ0n) is 13.2. The van der Waals surface area contributed by atoms with Crippen LogP contribution in [0, 0.1) is 5.92 Å². The number of carbonyl (C=O) groups excluding carboxylic acids is 1. The van der Waals surface area contributed by atoms with Gasteiger partial charge in [0.25, 0.3) is 0 Å². The largest absolute Gasteiger partial charge is 0.348 e. The maximum atomic E-state index is 11.7. The van der Waals surface area contributed by atoms with E-state index >= 15 is 0 Å². The summed E-state index contributed by atoms with van der Waals surface area (Å²) in [5.74, 6) is 1.21. The summed E-state index contributed by atoms with van der Waals surface area (Å²) >= 11 is 0.